The third kappa shape index (κ3) is 6.77. The fourth-order valence-electron chi connectivity index (χ4n) is 3.34. The lowest BCUT2D eigenvalue weighted by atomic mass is 9.99. The Morgan fingerprint density at radius 2 is 1.62 bits per heavy atom. The van der Waals surface area contributed by atoms with Crippen LogP contribution in [0.4, 0.5) is 0 Å². The molecule has 0 saturated carbocycles. The first-order chi connectivity index (χ1) is 17.0. The highest BCUT2D eigenvalue weighted by atomic mass is 31.3. The number of phosphoric ester groups is 2. The molecule has 3 heterocycles. The Bertz CT molecular complexity index is 1200. The summed E-state index contributed by atoms with van der Waals surface area (Å²) in [5.74, 6) is -1.85. The molecule has 3 rings (SSSR count). The zero-order chi connectivity index (χ0) is 27.9. The topological polar surface area (TPSA) is 314 Å². The Labute approximate surface area is 204 Å². The molecule has 0 amide bonds. The van der Waals surface area contributed by atoms with Crippen molar-refractivity contribution in [1.29, 1.82) is 0 Å². The van der Waals surface area contributed by atoms with Gasteiger partial charge in [0.2, 0.25) is 0 Å². The van der Waals surface area contributed by atoms with Crippen LogP contribution in [0, 0.1) is 0 Å². The highest BCUT2D eigenvalue weighted by Gasteiger charge is 2.51. The number of aliphatic hydroxyl groups excluding tert-OH is 5. The third-order valence-electron chi connectivity index (χ3n) is 5.12. The van der Waals surface area contributed by atoms with Gasteiger partial charge in [-0.05, 0) is 0 Å². The van der Waals surface area contributed by atoms with Gasteiger partial charge in [-0.1, -0.05) is 0 Å². The monoisotopic (exact) mass is 580 g/mol. The van der Waals surface area contributed by atoms with Gasteiger partial charge in [0.15, 0.2) is 18.6 Å². The summed E-state index contributed by atoms with van der Waals surface area (Å²) in [6.07, 6.45) is -17.2. The van der Waals surface area contributed by atoms with Crippen LogP contribution in [0.5, 0.6) is 0 Å². The number of H-pyrrole nitrogens is 1. The van der Waals surface area contributed by atoms with Gasteiger partial charge >= 0.3 is 27.3 Å². The normalized spacial score (nSPS) is 37.5. The first-order valence-corrected chi connectivity index (χ1v) is 13.0. The predicted molar refractivity (Wildman–Crippen MR) is 109 cm³/mol. The van der Waals surface area contributed by atoms with Crippen LogP contribution in [0.2, 0.25) is 0 Å². The van der Waals surface area contributed by atoms with E-state index in [2.05, 4.69) is 18.1 Å². The van der Waals surface area contributed by atoms with Crippen LogP contribution in [0.3, 0.4) is 0 Å². The highest BCUT2D eigenvalue weighted by molar-refractivity contribution is 7.61. The Hall–Kier alpha value is -1.87. The summed E-state index contributed by atoms with van der Waals surface area (Å²) in [6.45, 7) is -1.07. The summed E-state index contributed by atoms with van der Waals surface area (Å²) in [6, 6.07) is 0.910. The molecular formula is C15H22N2O18P2. The van der Waals surface area contributed by atoms with Crippen molar-refractivity contribution in [3.63, 3.8) is 0 Å². The van der Waals surface area contributed by atoms with E-state index >= 15 is 0 Å². The van der Waals surface area contributed by atoms with Crippen LogP contribution in [0.1, 0.15) is 6.23 Å². The molecule has 210 valence electrons. The molecule has 2 fully saturated rings. The van der Waals surface area contributed by atoms with E-state index in [9.17, 15) is 58.8 Å². The van der Waals surface area contributed by atoms with E-state index in [0.717, 1.165) is 12.3 Å². The van der Waals surface area contributed by atoms with Gasteiger partial charge in [-0.2, -0.15) is 4.31 Å². The summed E-state index contributed by atoms with van der Waals surface area (Å²) in [5.41, 5.74) is -1.78. The number of carbonyl (C=O) groups is 1. The second-order valence-corrected chi connectivity index (χ2v) is 10.7. The van der Waals surface area contributed by atoms with Crippen LogP contribution in [-0.2, 0) is 36.8 Å². The molecule has 0 radical (unpaired) electrons. The average Bonchev–Trinajstić information content (AvgIpc) is 3.05. The molecule has 1 aromatic rings. The fourth-order valence-corrected chi connectivity index (χ4v) is 5.49. The molecule has 20 nitrogen and oxygen atoms in total. The first kappa shape index (κ1) is 29.7. The van der Waals surface area contributed by atoms with Gasteiger partial charge in [-0.15, -0.1) is 0 Å². The van der Waals surface area contributed by atoms with E-state index in [1.807, 2.05) is 4.98 Å². The van der Waals surface area contributed by atoms with Crippen molar-refractivity contribution in [2.45, 2.75) is 55.2 Å². The summed E-state index contributed by atoms with van der Waals surface area (Å²) in [5, 5.41) is 58.3. The summed E-state index contributed by atoms with van der Waals surface area (Å²) < 4.78 is 47.6. The number of nitrogens with one attached hydrogen (secondary N) is 1. The zero-order valence-corrected chi connectivity index (χ0v) is 19.8. The number of hydrogen-bond donors (Lipinski definition) is 9. The van der Waals surface area contributed by atoms with Gasteiger partial charge in [0.05, 0.1) is 6.61 Å². The lowest BCUT2D eigenvalue weighted by molar-refractivity contribution is -0.274. The number of aromatic nitrogens is 2. The Kier molecular flexibility index (Phi) is 8.89. The predicted octanol–water partition coefficient (Wildman–Crippen LogP) is -4.70. The number of aromatic amines is 1. The summed E-state index contributed by atoms with van der Waals surface area (Å²) in [4.78, 5) is 55.5. The minimum absolute atomic E-state index is 0.700. The molecule has 11 atom stereocenters. The molecule has 0 aliphatic carbocycles. The van der Waals surface area contributed by atoms with Crippen molar-refractivity contribution in [2.75, 3.05) is 6.61 Å². The van der Waals surface area contributed by atoms with Gasteiger partial charge in [0.1, 0.15) is 36.6 Å². The lowest BCUT2D eigenvalue weighted by Gasteiger charge is -2.38. The van der Waals surface area contributed by atoms with Gasteiger partial charge in [-0.25, -0.2) is 18.7 Å². The molecule has 1 aromatic heterocycles. The van der Waals surface area contributed by atoms with Crippen molar-refractivity contribution in [3.05, 3.63) is 33.1 Å². The number of carboxylic acids is 1. The number of nitrogens with zero attached hydrogens (tertiary/aromatic N) is 1. The van der Waals surface area contributed by atoms with E-state index in [0.29, 0.717) is 4.57 Å². The second kappa shape index (κ2) is 11.1. The fraction of sp³-hybridized carbons (Fsp3) is 0.667. The minimum Gasteiger partial charge on any atom is -0.479 e. The number of carboxylic acid groups (broad SMARTS) is 1. The van der Waals surface area contributed by atoms with Gasteiger partial charge in [-0.3, -0.25) is 23.4 Å². The maximum atomic E-state index is 12.2. The van der Waals surface area contributed by atoms with Gasteiger partial charge in [0, 0.05) is 12.3 Å². The molecule has 0 bridgehead atoms. The number of aliphatic hydroxyl groups is 5. The van der Waals surface area contributed by atoms with Crippen molar-refractivity contribution < 1.29 is 77.2 Å². The molecule has 22 heteroatoms. The Morgan fingerprint density at radius 3 is 2.22 bits per heavy atom. The van der Waals surface area contributed by atoms with Gasteiger partial charge in [0.25, 0.3) is 5.56 Å². The third-order valence-corrected chi connectivity index (χ3v) is 7.72. The largest absolute Gasteiger partial charge is 0.483 e. The average molecular weight is 580 g/mol. The standard InChI is InChI=1S/C15H22N2O18P2/c18-5-1-2-17(15(26)16-5)12-9(22)6(19)4(32-12)3-31-36(27,28)35-37(29,30)34-14-10(23)7(20)8(21)11(33-14)13(24)25/h1-2,4,6-12,14,19-23H,3H2,(H,24,25)(H,27,28)(H,29,30)(H,16,18,26)/t4-,6+,7-,8-,9-,10+,11-,12-,14+/m0/s1. The lowest BCUT2D eigenvalue weighted by Crippen LogP contribution is -2.60. The Balaban J connectivity index is 1.63. The minimum atomic E-state index is -5.72. The van der Waals surface area contributed by atoms with E-state index in [1.54, 1.807) is 0 Å². The molecular weight excluding hydrogens is 558 g/mol. The number of aliphatic carboxylic acids is 1. The highest BCUT2D eigenvalue weighted by Crippen LogP contribution is 2.61. The molecule has 37 heavy (non-hydrogen) atoms. The smallest absolute Gasteiger partial charge is 0.479 e. The molecule has 2 saturated heterocycles. The van der Waals surface area contributed by atoms with Crippen LogP contribution in [-0.4, -0.2) is 112 Å². The van der Waals surface area contributed by atoms with Crippen LogP contribution in [0.15, 0.2) is 21.9 Å². The van der Waals surface area contributed by atoms with Gasteiger partial charge < -0.3 is 49.9 Å². The van der Waals surface area contributed by atoms with E-state index in [-0.39, 0.29) is 0 Å². The number of phosphoric acid groups is 2. The Morgan fingerprint density at radius 1 is 0.973 bits per heavy atom. The van der Waals surface area contributed by atoms with Crippen molar-refractivity contribution >= 4 is 21.6 Å². The first-order valence-electron chi connectivity index (χ1n) is 9.98. The SMILES string of the molecule is O=C(O)[C@H]1O[C@H](OP(=O)(O)OP(=O)(O)OC[C@@H]2O[C@H](n3ccc(=O)[nH]c3=O)[C@@H](O)[C@@H]2O)[C@H](O)[C@@H](O)[C@@H]1O. The second-order valence-electron chi connectivity index (χ2n) is 7.72. The van der Waals surface area contributed by atoms with Crippen molar-refractivity contribution in [3.8, 4) is 0 Å². The number of ether oxygens (including phenoxy) is 2. The van der Waals surface area contributed by atoms with Crippen molar-refractivity contribution in [2.24, 2.45) is 0 Å². The molecule has 2 aliphatic rings. The van der Waals surface area contributed by atoms with E-state index in [1.165, 1.54) is 0 Å². The van der Waals surface area contributed by atoms with E-state index in [4.69, 9.17) is 9.84 Å². The van der Waals surface area contributed by atoms with Crippen LogP contribution in [0.25, 0.3) is 0 Å². The quantitative estimate of drug-likeness (QED) is 0.124. The van der Waals surface area contributed by atoms with E-state index < -0.39 is 94.7 Å². The maximum absolute atomic E-state index is 12.2. The summed E-state index contributed by atoms with van der Waals surface area (Å²) >= 11 is 0. The molecule has 0 spiro atoms. The molecule has 9 N–H and O–H groups in total. The van der Waals surface area contributed by atoms with Crippen LogP contribution < -0.4 is 11.2 Å². The summed E-state index contributed by atoms with van der Waals surface area (Å²) in [7, 11) is -11.3. The molecule has 2 unspecified atom stereocenters. The van der Waals surface area contributed by atoms with Crippen LogP contribution >= 0.6 is 15.6 Å². The van der Waals surface area contributed by atoms with Crippen molar-refractivity contribution in [1.82, 2.24) is 9.55 Å². The maximum Gasteiger partial charge on any atom is 0.483 e. The molecule has 2 aliphatic heterocycles. The molecule has 0 aromatic carbocycles. The zero-order valence-electron chi connectivity index (χ0n) is 18.1. The number of rotatable bonds is 9. The number of hydrogen-bond acceptors (Lipinski definition) is 15.